The highest BCUT2D eigenvalue weighted by Gasteiger charge is 2.05. The van der Waals surface area contributed by atoms with E-state index in [1.165, 1.54) is 12.1 Å². The maximum Gasteiger partial charge on any atom is 0.251 e. The second-order valence-corrected chi connectivity index (χ2v) is 3.94. The summed E-state index contributed by atoms with van der Waals surface area (Å²) in [6, 6.07) is 6.23. The average Bonchev–Trinajstić information content (AvgIpc) is 2.42. The number of carbonyl (C=O) groups is 2. The maximum atomic E-state index is 11.7. The van der Waals surface area contributed by atoms with E-state index in [1.54, 1.807) is 19.2 Å². The van der Waals surface area contributed by atoms with Gasteiger partial charge in [0.2, 0.25) is 5.91 Å². The number of amides is 2. The third kappa shape index (κ3) is 5.50. The predicted octanol–water partition coefficient (Wildman–Crippen LogP) is -0.249. The van der Waals surface area contributed by atoms with Gasteiger partial charge in [0, 0.05) is 37.9 Å². The van der Waals surface area contributed by atoms with Gasteiger partial charge >= 0.3 is 0 Å². The van der Waals surface area contributed by atoms with Crippen molar-refractivity contribution in [2.24, 2.45) is 5.73 Å². The number of hydrogen-bond acceptors (Lipinski definition) is 4. The molecule has 1 rings (SSSR count). The van der Waals surface area contributed by atoms with Gasteiger partial charge in [-0.3, -0.25) is 9.59 Å². The van der Waals surface area contributed by atoms with E-state index in [-0.39, 0.29) is 5.91 Å². The van der Waals surface area contributed by atoms with Gasteiger partial charge in [-0.1, -0.05) is 0 Å². The highest BCUT2D eigenvalue weighted by Crippen LogP contribution is 2.03. The molecule has 0 heterocycles. The highest BCUT2D eigenvalue weighted by atomic mass is 16.5. The van der Waals surface area contributed by atoms with Crippen LogP contribution in [-0.4, -0.2) is 45.2 Å². The number of nitrogens with one attached hydrogen (secondary N) is 2. The van der Waals surface area contributed by atoms with Gasteiger partial charge < -0.3 is 21.1 Å². The zero-order valence-electron chi connectivity index (χ0n) is 10.9. The number of primary amides is 1. The van der Waals surface area contributed by atoms with Crippen molar-refractivity contribution < 1.29 is 14.3 Å². The van der Waals surface area contributed by atoms with E-state index in [0.29, 0.717) is 30.8 Å². The Morgan fingerprint density at radius 3 is 2.32 bits per heavy atom. The SMILES string of the molecule is COCCNCCNC(=O)c1ccc(C(N)=O)cc1. The fourth-order valence-corrected chi connectivity index (χ4v) is 1.45. The van der Waals surface area contributed by atoms with Crippen molar-refractivity contribution in [3.63, 3.8) is 0 Å². The molecule has 0 atom stereocenters. The van der Waals surface area contributed by atoms with Gasteiger partial charge in [0.25, 0.3) is 5.91 Å². The van der Waals surface area contributed by atoms with Gasteiger partial charge in [-0.15, -0.1) is 0 Å². The molecule has 0 saturated heterocycles. The molecular formula is C13H19N3O3. The molecule has 0 aromatic heterocycles. The first-order valence-electron chi connectivity index (χ1n) is 6.03. The van der Waals surface area contributed by atoms with Crippen molar-refractivity contribution in [3.8, 4) is 0 Å². The van der Waals surface area contributed by atoms with Crippen LogP contribution in [0.1, 0.15) is 20.7 Å². The Bertz CT molecular complexity index is 418. The average molecular weight is 265 g/mol. The fraction of sp³-hybridized carbons (Fsp3) is 0.385. The van der Waals surface area contributed by atoms with Crippen molar-refractivity contribution in [1.82, 2.24) is 10.6 Å². The summed E-state index contributed by atoms with van der Waals surface area (Å²) in [7, 11) is 1.64. The van der Waals surface area contributed by atoms with Gasteiger partial charge in [0.15, 0.2) is 0 Å². The summed E-state index contributed by atoms with van der Waals surface area (Å²) in [5.41, 5.74) is 6.01. The molecular weight excluding hydrogens is 246 g/mol. The largest absolute Gasteiger partial charge is 0.383 e. The first-order chi connectivity index (χ1) is 9.15. The zero-order valence-corrected chi connectivity index (χ0v) is 10.9. The Morgan fingerprint density at radius 2 is 1.74 bits per heavy atom. The van der Waals surface area contributed by atoms with Crippen LogP contribution in [0.3, 0.4) is 0 Å². The minimum Gasteiger partial charge on any atom is -0.383 e. The van der Waals surface area contributed by atoms with Crippen LogP contribution in [0.4, 0.5) is 0 Å². The van der Waals surface area contributed by atoms with Crippen LogP contribution in [0, 0.1) is 0 Å². The molecule has 4 N–H and O–H groups in total. The standard InChI is InChI=1S/C13H19N3O3/c1-19-9-8-15-6-7-16-13(18)11-4-2-10(3-5-11)12(14)17/h2-5,15H,6-9H2,1H3,(H2,14,17)(H,16,18). The normalized spacial score (nSPS) is 10.2. The van der Waals surface area contributed by atoms with Crippen LogP contribution in [0.15, 0.2) is 24.3 Å². The third-order valence-electron chi connectivity index (χ3n) is 2.50. The third-order valence-corrected chi connectivity index (χ3v) is 2.50. The van der Waals surface area contributed by atoms with E-state index >= 15 is 0 Å². The fourth-order valence-electron chi connectivity index (χ4n) is 1.45. The van der Waals surface area contributed by atoms with Gasteiger partial charge in [-0.05, 0) is 24.3 Å². The van der Waals surface area contributed by atoms with Crippen LogP contribution < -0.4 is 16.4 Å². The Hall–Kier alpha value is -1.92. The molecule has 0 bridgehead atoms. The van der Waals surface area contributed by atoms with Crippen molar-refractivity contribution in [2.45, 2.75) is 0 Å². The lowest BCUT2D eigenvalue weighted by Gasteiger charge is -2.06. The number of ether oxygens (including phenoxy) is 1. The second kappa shape index (κ2) is 8.23. The molecule has 0 unspecified atom stereocenters. The van der Waals surface area contributed by atoms with Gasteiger partial charge in [0.05, 0.1) is 6.61 Å². The van der Waals surface area contributed by atoms with Crippen molar-refractivity contribution in [1.29, 1.82) is 0 Å². The summed E-state index contributed by atoms with van der Waals surface area (Å²) >= 11 is 0. The molecule has 0 aliphatic carbocycles. The van der Waals surface area contributed by atoms with E-state index in [0.717, 1.165) is 6.54 Å². The number of rotatable bonds is 8. The monoisotopic (exact) mass is 265 g/mol. The molecule has 1 aromatic rings. The van der Waals surface area contributed by atoms with Gasteiger partial charge in [-0.2, -0.15) is 0 Å². The predicted molar refractivity (Wildman–Crippen MR) is 72.0 cm³/mol. The molecule has 104 valence electrons. The molecule has 0 saturated carbocycles. The van der Waals surface area contributed by atoms with E-state index < -0.39 is 5.91 Å². The summed E-state index contributed by atoms with van der Waals surface area (Å²) in [6.07, 6.45) is 0. The quantitative estimate of drug-likeness (QED) is 0.565. The molecule has 6 heteroatoms. The Kier molecular flexibility index (Phi) is 6.56. The Morgan fingerprint density at radius 1 is 1.11 bits per heavy atom. The molecule has 0 aliphatic heterocycles. The zero-order chi connectivity index (χ0) is 14.1. The molecule has 19 heavy (non-hydrogen) atoms. The van der Waals surface area contributed by atoms with Crippen molar-refractivity contribution >= 4 is 11.8 Å². The first kappa shape index (κ1) is 15.1. The number of hydrogen-bond donors (Lipinski definition) is 3. The lowest BCUT2D eigenvalue weighted by atomic mass is 10.1. The van der Waals surface area contributed by atoms with Crippen molar-refractivity contribution in [2.75, 3.05) is 33.4 Å². The lowest BCUT2D eigenvalue weighted by molar-refractivity contribution is 0.0951. The maximum absolute atomic E-state index is 11.7. The molecule has 0 fully saturated rings. The Balaban J connectivity index is 2.31. The molecule has 0 spiro atoms. The smallest absolute Gasteiger partial charge is 0.251 e. The number of nitrogens with two attached hydrogens (primary N) is 1. The molecule has 6 nitrogen and oxygen atoms in total. The van der Waals surface area contributed by atoms with Crippen LogP contribution in [0.5, 0.6) is 0 Å². The van der Waals surface area contributed by atoms with E-state index in [1.807, 2.05) is 0 Å². The molecule has 0 aliphatic rings. The highest BCUT2D eigenvalue weighted by molar-refractivity contribution is 5.97. The molecule has 0 radical (unpaired) electrons. The van der Waals surface area contributed by atoms with Crippen LogP contribution in [0.25, 0.3) is 0 Å². The number of benzene rings is 1. The summed E-state index contributed by atoms with van der Waals surface area (Å²) in [5.74, 6) is -0.682. The first-order valence-corrected chi connectivity index (χ1v) is 6.03. The van der Waals surface area contributed by atoms with Crippen LogP contribution in [-0.2, 0) is 4.74 Å². The number of methoxy groups -OCH3 is 1. The van der Waals surface area contributed by atoms with E-state index in [2.05, 4.69) is 10.6 Å². The summed E-state index contributed by atoms with van der Waals surface area (Å²) in [5, 5.41) is 5.88. The lowest BCUT2D eigenvalue weighted by Crippen LogP contribution is -2.33. The Labute approximate surface area is 112 Å². The van der Waals surface area contributed by atoms with Crippen LogP contribution in [0.2, 0.25) is 0 Å². The minimum absolute atomic E-state index is 0.176. The summed E-state index contributed by atoms with van der Waals surface area (Å²) in [6.45, 7) is 2.59. The second-order valence-electron chi connectivity index (χ2n) is 3.94. The topological polar surface area (TPSA) is 93.4 Å². The summed E-state index contributed by atoms with van der Waals surface area (Å²) in [4.78, 5) is 22.6. The number of carbonyl (C=O) groups excluding carboxylic acids is 2. The van der Waals surface area contributed by atoms with E-state index in [9.17, 15) is 9.59 Å². The van der Waals surface area contributed by atoms with E-state index in [4.69, 9.17) is 10.5 Å². The van der Waals surface area contributed by atoms with Crippen LogP contribution >= 0.6 is 0 Å². The minimum atomic E-state index is -0.505. The summed E-state index contributed by atoms with van der Waals surface area (Å²) < 4.78 is 4.88. The molecule has 1 aromatic carbocycles. The van der Waals surface area contributed by atoms with Gasteiger partial charge in [-0.25, -0.2) is 0 Å². The van der Waals surface area contributed by atoms with Gasteiger partial charge in [0.1, 0.15) is 0 Å². The molecule has 2 amide bonds. The van der Waals surface area contributed by atoms with Crippen molar-refractivity contribution in [3.05, 3.63) is 35.4 Å².